The highest BCUT2D eigenvalue weighted by Gasteiger charge is 2.16. The van der Waals surface area contributed by atoms with Crippen molar-refractivity contribution >= 4 is 22.5 Å². The van der Waals surface area contributed by atoms with Crippen LogP contribution in [-0.4, -0.2) is 24.7 Å². The van der Waals surface area contributed by atoms with Gasteiger partial charge in [0, 0.05) is 30.9 Å². The zero-order valence-electron chi connectivity index (χ0n) is 14.2. The predicted molar refractivity (Wildman–Crippen MR) is 95.3 cm³/mol. The van der Waals surface area contributed by atoms with Crippen molar-refractivity contribution in [1.82, 2.24) is 24.7 Å². The molecule has 0 saturated carbocycles. The van der Waals surface area contributed by atoms with Crippen LogP contribution in [0.1, 0.15) is 12.0 Å². The molecule has 0 bridgehead atoms. The standard InChI is InChI=1S/C18H14F2N6O/c1-26-8-6-15(25-26)24-17-13-9-11(4-5-14(13)22-10-23-17)27-18-12(16(19)20)3-2-7-21-18/h2-10,16H,1H3,(H,22,23,24,25). The van der Waals surface area contributed by atoms with E-state index >= 15 is 0 Å². The molecule has 9 heteroatoms. The third-order valence-electron chi connectivity index (χ3n) is 3.82. The molecule has 136 valence electrons. The molecule has 4 aromatic rings. The lowest BCUT2D eigenvalue weighted by molar-refractivity contribution is 0.147. The van der Waals surface area contributed by atoms with Gasteiger partial charge in [-0.1, -0.05) is 0 Å². The van der Waals surface area contributed by atoms with Crippen LogP contribution in [0.4, 0.5) is 20.4 Å². The highest BCUT2D eigenvalue weighted by atomic mass is 19.3. The summed E-state index contributed by atoms with van der Waals surface area (Å²) in [6, 6.07) is 9.56. The van der Waals surface area contributed by atoms with E-state index in [4.69, 9.17) is 4.74 Å². The molecule has 0 unspecified atom stereocenters. The van der Waals surface area contributed by atoms with E-state index in [2.05, 4.69) is 25.4 Å². The lowest BCUT2D eigenvalue weighted by Crippen LogP contribution is -1.99. The number of hydrogen-bond acceptors (Lipinski definition) is 6. The number of aryl methyl sites for hydroxylation is 1. The highest BCUT2D eigenvalue weighted by Crippen LogP contribution is 2.32. The molecule has 1 aromatic carbocycles. The second kappa shape index (κ2) is 6.94. The first-order chi connectivity index (χ1) is 13.1. The van der Waals surface area contributed by atoms with E-state index in [0.717, 1.165) is 0 Å². The van der Waals surface area contributed by atoms with Gasteiger partial charge in [0.15, 0.2) is 5.82 Å². The lowest BCUT2D eigenvalue weighted by atomic mass is 10.2. The van der Waals surface area contributed by atoms with Gasteiger partial charge in [-0.15, -0.1) is 0 Å². The van der Waals surface area contributed by atoms with Crippen molar-refractivity contribution in [3.63, 3.8) is 0 Å². The van der Waals surface area contributed by atoms with Gasteiger partial charge in [-0.3, -0.25) is 4.68 Å². The van der Waals surface area contributed by atoms with Crippen molar-refractivity contribution in [2.75, 3.05) is 5.32 Å². The van der Waals surface area contributed by atoms with Gasteiger partial charge in [-0.05, 0) is 30.3 Å². The van der Waals surface area contributed by atoms with E-state index in [-0.39, 0.29) is 11.4 Å². The first-order valence-corrected chi connectivity index (χ1v) is 8.02. The van der Waals surface area contributed by atoms with Gasteiger partial charge >= 0.3 is 0 Å². The third-order valence-corrected chi connectivity index (χ3v) is 3.82. The van der Waals surface area contributed by atoms with Gasteiger partial charge < -0.3 is 10.1 Å². The second-order valence-corrected chi connectivity index (χ2v) is 5.70. The molecule has 0 saturated heterocycles. The number of halogens is 2. The number of nitrogens with zero attached hydrogens (tertiary/aromatic N) is 5. The molecule has 0 amide bonds. The van der Waals surface area contributed by atoms with Crippen LogP contribution in [0.2, 0.25) is 0 Å². The summed E-state index contributed by atoms with van der Waals surface area (Å²) in [4.78, 5) is 12.4. The highest BCUT2D eigenvalue weighted by molar-refractivity contribution is 5.91. The van der Waals surface area contributed by atoms with Gasteiger partial charge in [-0.2, -0.15) is 5.10 Å². The number of rotatable bonds is 5. The summed E-state index contributed by atoms with van der Waals surface area (Å²) in [5, 5.41) is 8.03. The first kappa shape index (κ1) is 16.8. The molecule has 4 rings (SSSR count). The number of hydrogen-bond donors (Lipinski definition) is 1. The average Bonchev–Trinajstić information content (AvgIpc) is 3.07. The zero-order chi connectivity index (χ0) is 18.8. The SMILES string of the molecule is Cn1ccc(Nc2ncnc3ccc(Oc4ncccc4C(F)F)cc23)n1. The number of benzene rings is 1. The van der Waals surface area contributed by atoms with Crippen LogP contribution >= 0.6 is 0 Å². The molecule has 27 heavy (non-hydrogen) atoms. The molecule has 0 aliphatic heterocycles. The van der Waals surface area contributed by atoms with Crippen LogP contribution in [0, 0.1) is 0 Å². The maximum atomic E-state index is 13.1. The van der Waals surface area contributed by atoms with Crippen molar-refractivity contribution in [2.45, 2.75) is 6.43 Å². The molecule has 0 aliphatic rings. The van der Waals surface area contributed by atoms with Crippen molar-refractivity contribution in [3.8, 4) is 11.6 Å². The fourth-order valence-corrected chi connectivity index (χ4v) is 2.57. The Morgan fingerprint density at radius 2 is 2.00 bits per heavy atom. The minimum Gasteiger partial charge on any atom is -0.438 e. The minimum absolute atomic E-state index is 0.136. The third kappa shape index (κ3) is 3.52. The summed E-state index contributed by atoms with van der Waals surface area (Å²) in [6.07, 6.45) is 1.95. The summed E-state index contributed by atoms with van der Waals surface area (Å²) in [7, 11) is 1.81. The van der Waals surface area contributed by atoms with Gasteiger partial charge in [0.05, 0.1) is 11.1 Å². The van der Waals surface area contributed by atoms with Crippen molar-refractivity contribution < 1.29 is 13.5 Å². The molecule has 0 atom stereocenters. The molecule has 3 aromatic heterocycles. The number of aromatic nitrogens is 5. The molecule has 3 heterocycles. The molecule has 1 N–H and O–H groups in total. The predicted octanol–water partition coefficient (Wildman–Crippen LogP) is 4.23. The van der Waals surface area contributed by atoms with Crippen LogP contribution in [0.5, 0.6) is 11.6 Å². The van der Waals surface area contributed by atoms with Crippen LogP contribution in [-0.2, 0) is 7.05 Å². The quantitative estimate of drug-likeness (QED) is 0.568. The number of pyridine rings is 1. The second-order valence-electron chi connectivity index (χ2n) is 5.70. The number of nitrogens with one attached hydrogen (secondary N) is 1. The first-order valence-electron chi connectivity index (χ1n) is 8.02. The van der Waals surface area contributed by atoms with Crippen LogP contribution < -0.4 is 10.1 Å². The fourth-order valence-electron chi connectivity index (χ4n) is 2.57. The lowest BCUT2D eigenvalue weighted by Gasteiger charge is -2.11. The molecule has 0 spiro atoms. The summed E-state index contributed by atoms with van der Waals surface area (Å²) in [5.41, 5.74) is 0.402. The number of alkyl halides is 2. The summed E-state index contributed by atoms with van der Waals surface area (Å²) in [5.74, 6) is 1.36. The van der Waals surface area contributed by atoms with E-state index < -0.39 is 6.43 Å². The zero-order valence-corrected chi connectivity index (χ0v) is 14.2. The molecule has 7 nitrogen and oxygen atoms in total. The molecular weight excluding hydrogens is 354 g/mol. The number of anilines is 2. The van der Waals surface area contributed by atoms with E-state index in [1.165, 1.54) is 24.7 Å². The Balaban J connectivity index is 1.70. The maximum absolute atomic E-state index is 13.1. The Morgan fingerprint density at radius 3 is 2.78 bits per heavy atom. The Hall–Kier alpha value is -3.62. The van der Waals surface area contributed by atoms with Crippen LogP contribution in [0.25, 0.3) is 10.9 Å². The maximum Gasteiger partial charge on any atom is 0.269 e. The molecule has 0 fully saturated rings. The molecular formula is C18H14F2N6O. The van der Waals surface area contributed by atoms with E-state index in [9.17, 15) is 8.78 Å². The van der Waals surface area contributed by atoms with Crippen molar-refractivity contribution in [2.24, 2.45) is 7.05 Å². The topological polar surface area (TPSA) is 77.8 Å². The summed E-state index contributed by atoms with van der Waals surface area (Å²) in [6.45, 7) is 0. The summed E-state index contributed by atoms with van der Waals surface area (Å²) >= 11 is 0. The van der Waals surface area contributed by atoms with Gasteiger partial charge in [-0.25, -0.2) is 23.7 Å². The largest absolute Gasteiger partial charge is 0.438 e. The van der Waals surface area contributed by atoms with Gasteiger partial charge in [0.1, 0.15) is 17.9 Å². The smallest absolute Gasteiger partial charge is 0.269 e. The van der Waals surface area contributed by atoms with E-state index in [0.29, 0.717) is 28.3 Å². The summed E-state index contributed by atoms with van der Waals surface area (Å²) < 4.78 is 33.5. The average molecular weight is 368 g/mol. The normalized spacial score (nSPS) is 11.1. The Kier molecular flexibility index (Phi) is 4.33. The Labute approximate surface area is 152 Å². The minimum atomic E-state index is -2.68. The number of fused-ring (bicyclic) bond motifs is 1. The van der Waals surface area contributed by atoms with E-state index in [1.807, 2.05) is 7.05 Å². The monoisotopic (exact) mass is 368 g/mol. The van der Waals surface area contributed by atoms with Crippen molar-refractivity contribution in [1.29, 1.82) is 0 Å². The Morgan fingerprint density at radius 1 is 1.11 bits per heavy atom. The van der Waals surface area contributed by atoms with Crippen LogP contribution in [0.15, 0.2) is 55.1 Å². The van der Waals surface area contributed by atoms with E-state index in [1.54, 1.807) is 35.1 Å². The van der Waals surface area contributed by atoms with Gasteiger partial charge in [0.25, 0.3) is 6.43 Å². The molecule has 0 aliphatic carbocycles. The fraction of sp³-hybridized carbons (Fsp3) is 0.111. The van der Waals surface area contributed by atoms with Crippen LogP contribution in [0.3, 0.4) is 0 Å². The van der Waals surface area contributed by atoms with Gasteiger partial charge in [0.2, 0.25) is 5.88 Å². The number of ether oxygens (including phenoxy) is 1. The van der Waals surface area contributed by atoms with Crippen molar-refractivity contribution in [3.05, 3.63) is 60.7 Å². The Bertz CT molecular complexity index is 1100. The molecule has 0 radical (unpaired) electrons.